The molecule has 8 heteroatoms. The number of aromatic nitrogens is 2. The van der Waals surface area contributed by atoms with Crippen molar-refractivity contribution in [2.75, 3.05) is 14.2 Å². The molecule has 30 heavy (non-hydrogen) atoms. The summed E-state index contributed by atoms with van der Waals surface area (Å²) in [7, 11) is -0.717. The van der Waals surface area contributed by atoms with Gasteiger partial charge in [-0.15, -0.1) is 0 Å². The topological polar surface area (TPSA) is 64.4 Å². The standard InChI is InChI=1S/C22H24FN3O3S/c1-15-10-22-24-21(14-26(22)12-15)19-11-18(8-9-20(19)23)30(27,28)25(2)13-16-4-6-17(29-3)7-5-16/h4-9,11,14-15H,10,12-13H2,1-3H3. The fourth-order valence-electron chi connectivity index (χ4n) is 3.73. The van der Waals surface area contributed by atoms with Crippen LogP contribution in [-0.4, -0.2) is 36.4 Å². The van der Waals surface area contributed by atoms with E-state index in [1.54, 1.807) is 25.4 Å². The molecule has 1 atom stereocenters. The number of fused-ring (bicyclic) bond motifs is 1. The van der Waals surface area contributed by atoms with Crippen molar-refractivity contribution in [2.24, 2.45) is 5.92 Å². The predicted molar refractivity (Wildman–Crippen MR) is 112 cm³/mol. The highest BCUT2D eigenvalue weighted by Gasteiger charge is 2.25. The van der Waals surface area contributed by atoms with Crippen molar-refractivity contribution < 1.29 is 17.5 Å². The molecule has 3 aromatic rings. The lowest BCUT2D eigenvalue weighted by molar-refractivity contribution is 0.414. The Morgan fingerprint density at radius 1 is 1.23 bits per heavy atom. The first-order valence-electron chi connectivity index (χ1n) is 9.73. The van der Waals surface area contributed by atoms with E-state index in [0.717, 1.165) is 24.4 Å². The number of hydrogen-bond donors (Lipinski definition) is 0. The van der Waals surface area contributed by atoms with Crippen LogP contribution in [-0.2, 0) is 29.5 Å². The van der Waals surface area contributed by atoms with E-state index >= 15 is 0 Å². The summed E-state index contributed by atoms with van der Waals surface area (Å²) in [6.07, 6.45) is 2.64. The van der Waals surface area contributed by atoms with E-state index in [0.29, 0.717) is 17.4 Å². The summed E-state index contributed by atoms with van der Waals surface area (Å²) in [6.45, 7) is 3.17. The third-order valence-electron chi connectivity index (χ3n) is 5.38. The summed E-state index contributed by atoms with van der Waals surface area (Å²) in [4.78, 5) is 4.57. The Balaban J connectivity index is 1.61. The Labute approximate surface area is 176 Å². The van der Waals surface area contributed by atoms with Gasteiger partial charge in [0.25, 0.3) is 0 Å². The first kappa shape index (κ1) is 20.6. The van der Waals surface area contributed by atoms with Gasteiger partial charge in [-0.3, -0.25) is 0 Å². The Bertz CT molecular complexity index is 1150. The van der Waals surface area contributed by atoms with Crippen LogP contribution >= 0.6 is 0 Å². The second kappa shape index (κ2) is 7.85. The summed E-state index contributed by atoms with van der Waals surface area (Å²) in [6, 6.07) is 11.1. The van der Waals surface area contributed by atoms with Crippen molar-refractivity contribution in [2.45, 2.75) is 31.3 Å². The number of rotatable bonds is 6. The van der Waals surface area contributed by atoms with Gasteiger partial charge in [0, 0.05) is 38.3 Å². The van der Waals surface area contributed by atoms with Gasteiger partial charge in [-0.1, -0.05) is 19.1 Å². The van der Waals surface area contributed by atoms with Crippen LogP contribution < -0.4 is 4.74 Å². The summed E-state index contributed by atoms with van der Waals surface area (Å²) in [5.74, 6) is 1.62. The normalized spacial score (nSPS) is 16.1. The van der Waals surface area contributed by atoms with Gasteiger partial charge in [0.15, 0.2) is 0 Å². The Morgan fingerprint density at radius 2 is 1.97 bits per heavy atom. The Kier molecular flexibility index (Phi) is 5.38. The number of benzene rings is 2. The zero-order chi connectivity index (χ0) is 21.5. The van der Waals surface area contributed by atoms with Crippen molar-refractivity contribution in [3.05, 3.63) is 65.9 Å². The number of halogens is 1. The number of nitrogens with zero attached hydrogens (tertiary/aromatic N) is 3. The van der Waals surface area contributed by atoms with E-state index in [9.17, 15) is 12.8 Å². The van der Waals surface area contributed by atoms with Gasteiger partial charge in [0.2, 0.25) is 10.0 Å². The van der Waals surface area contributed by atoms with Gasteiger partial charge < -0.3 is 9.30 Å². The van der Waals surface area contributed by atoms with Crippen molar-refractivity contribution in [1.82, 2.24) is 13.9 Å². The molecule has 1 unspecified atom stereocenters. The largest absolute Gasteiger partial charge is 0.497 e. The minimum atomic E-state index is -3.80. The second-order valence-corrected chi connectivity index (χ2v) is 9.80. The first-order valence-corrected chi connectivity index (χ1v) is 11.2. The average Bonchev–Trinajstić information content (AvgIpc) is 3.26. The zero-order valence-electron chi connectivity index (χ0n) is 17.2. The van der Waals surface area contributed by atoms with Crippen LogP contribution in [0.15, 0.2) is 53.6 Å². The van der Waals surface area contributed by atoms with Gasteiger partial charge in [-0.2, -0.15) is 4.31 Å². The number of hydrogen-bond acceptors (Lipinski definition) is 4. The second-order valence-electron chi connectivity index (χ2n) is 7.75. The van der Waals surface area contributed by atoms with Crippen LogP contribution in [0.3, 0.4) is 0 Å². The van der Waals surface area contributed by atoms with E-state index in [1.165, 1.54) is 29.6 Å². The molecule has 0 fully saturated rings. The molecule has 6 nitrogen and oxygen atoms in total. The van der Waals surface area contributed by atoms with E-state index in [2.05, 4.69) is 11.9 Å². The Morgan fingerprint density at radius 3 is 2.63 bits per heavy atom. The van der Waals surface area contributed by atoms with Crippen LogP contribution in [0.1, 0.15) is 18.3 Å². The maximum absolute atomic E-state index is 14.5. The van der Waals surface area contributed by atoms with Crippen LogP contribution in [0.4, 0.5) is 4.39 Å². The van der Waals surface area contributed by atoms with Crippen molar-refractivity contribution in [1.29, 1.82) is 0 Å². The molecule has 2 heterocycles. The summed E-state index contributed by atoms with van der Waals surface area (Å²) >= 11 is 0. The molecule has 0 saturated carbocycles. The summed E-state index contributed by atoms with van der Waals surface area (Å²) < 4.78 is 49.1. The number of imidazole rings is 1. The van der Waals surface area contributed by atoms with Gasteiger partial charge >= 0.3 is 0 Å². The number of ether oxygens (including phenoxy) is 1. The minimum Gasteiger partial charge on any atom is -0.497 e. The fourth-order valence-corrected chi connectivity index (χ4v) is 4.92. The average molecular weight is 430 g/mol. The third kappa shape index (κ3) is 3.85. The lowest BCUT2D eigenvalue weighted by Gasteiger charge is -2.18. The lowest BCUT2D eigenvalue weighted by Crippen LogP contribution is -2.26. The summed E-state index contributed by atoms with van der Waals surface area (Å²) in [5.41, 5.74) is 1.48. The highest BCUT2D eigenvalue weighted by molar-refractivity contribution is 7.89. The van der Waals surface area contributed by atoms with Gasteiger partial charge in [0.05, 0.1) is 17.7 Å². The molecular weight excluding hydrogens is 405 g/mol. The molecule has 4 rings (SSSR count). The molecule has 0 aliphatic carbocycles. The van der Waals surface area contributed by atoms with Crippen molar-refractivity contribution in [3.8, 4) is 17.0 Å². The van der Waals surface area contributed by atoms with Crippen LogP contribution in [0.5, 0.6) is 5.75 Å². The first-order chi connectivity index (χ1) is 14.3. The molecular formula is C22H24FN3O3S. The quantitative estimate of drug-likeness (QED) is 0.599. The van der Waals surface area contributed by atoms with E-state index in [4.69, 9.17) is 4.74 Å². The molecule has 2 aromatic carbocycles. The van der Waals surface area contributed by atoms with E-state index in [-0.39, 0.29) is 17.0 Å². The fraction of sp³-hybridized carbons (Fsp3) is 0.318. The summed E-state index contributed by atoms with van der Waals surface area (Å²) in [5, 5.41) is 0. The molecule has 0 N–H and O–H groups in total. The van der Waals surface area contributed by atoms with Crippen molar-refractivity contribution in [3.63, 3.8) is 0 Å². The molecule has 0 saturated heterocycles. The van der Waals surface area contributed by atoms with Crippen LogP contribution in [0.25, 0.3) is 11.3 Å². The minimum absolute atomic E-state index is 0.0384. The predicted octanol–water partition coefficient (Wildman–Crippen LogP) is 3.71. The van der Waals surface area contributed by atoms with Gasteiger partial charge in [0.1, 0.15) is 17.4 Å². The zero-order valence-corrected chi connectivity index (χ0v) is 18.0. The molecule has 1 aromatic heterocycles. The number of methoxy groups -OCH3 is 1. The monoisotopic (exact) mass is 429 g/mol. The highest BCUT2D eigenvalue weighted by Crippen LogP contribution is 2.30. The van der Waals surface area contributed by atoms with E-state index < -0.39 is 15.8 Å². The SMILES string of the molecule is COc1ccc(CN(C)S(=O)(=O)c2ccc(F)c(-c3cn4c(n3)CC(C)C4)c2)cc1. The maximum Gasteiger partial charge on any atom is 0.243 e. The smallest absolute Gasteiger partial charge is 0.243 e. The van der Waals surface area contributed by atoms with Gasteiger partial charge in [-0.05, 0) is 41.8 Å². The molecule has 158 valence electrons. The lowest BCUT2D eigenvalue weighted by atomic mass is 10.1. The molecule has 1 aliphatic heterocycles. The Hall–Kier alpha value is -2.71. The molecule has 0 bridgehead atoms. The maximum atomic E-state index is 14.5. The number of sulfonamides is 1. The molecule has 1 aliphatic rings. The molecule has 0 radical (unpaired) electrons. The van der Waals surface area contributed by atoms with Crippen LogP contribution in [0, 0.1) is 11.7 Å². The van der Waals surface area contributed by atoms with Gasteiger partial charge in [-0.25, -0.2) is 17.8 Å². The van der Waals surface area contributed by atoms with Crippen LogP contribution in [0.2, 0.25) is 0 Å². The van der Waals surface area contributed by atoms with E-state index in [1.807, 2.05) is 16.7 Å². The molecule has 0 amide bonds. The molecule has 0 spiro atoms. The third-order valence-corrected chi connectivity index (χ3v) is 7.18. The van der Waals surface area contributed by atoms with Crippen molar-refractivity contribution >= 4 is 10.0 Å². The highest BCUT2D eigenvalue weighted by atomic mass is 32.2.